The maximum absolute atomic E-state index is 12.4. The summed E-state index contributed by atoms with van der Waals surface area (Å²) in [6.07, 6.45) is 61.6. The Balaban J connectivity index is 3.58. The average molecular weight is 740 g/mol. The SMILES string of the molecule is CC/C=C\C/C=C\C/C=C\C/C=C\C/C=C\CCCCCC(=O)NC(CO)C(O)CCCCCCCCCCCCCCCCCCCCCCCC. The molecule has 0 saturated heterocycles. The van der Waals surface area contributed by atoms with Crippen molar-refractivity contribution in [3.05, 3.63) is 60.8 Å². The van der Waals surface area contributed by atoms with Crippen LogP contribution in [0.4, 0.5) is 0 Å². The monoisotopic (exact) mass is 740 g/mol. The maximum Gasteiger partial charge on any atom is 0.220 e. The summed E-state index contributed by atoms with van der Waals surface area (Å²) in [6.45, 7) is 4.24. The van der Waals surface area contributed by atoms with Gasteiger partial charge in [0.2, 0.25) is 5.91 Å². The Morgan fingerprint density at radius 1 is 0.472 bits per heavy atom. The van der Waals surface area contributed by atoms with Crippen molar-refractivity contribution in [1.29, 1.82) is 0 Å². The number of amides is 1. The van der Waals surface area contributed by atoms with E-state index in [2.05, 4.69) is 79.9 Å². The van der Waals surface area contributed by atoms with Gasteiger partial charge in [0.05, 0.1) is 18.8 Å². The molecule has 0 aliphatic heterocycles. The molecule has 308 valence electrons. The van der Waals surface area contributed by atoms with Gasteiger partial charge in [-0.3, -0.25) is 4.79 Å². The molecule has 0 aromatic carbocycles. The van der Waals surface area contributed by atoms with Gasteiger partial charge < -0.3 is 15.5 Å². The molecule has 0 fully saturated rings. The van der Waals surface area contributed by atoms with Crippen LogP contribution in [0.2, 0.25) is 0 Å². The third-order valence-corrected chi connectivity index (χ3v) is 10.3. The van der Waals surface area contributed by atoms with Crippen LogP contribution >= 0.6 is 0 Å². The van der Waals surface area contributed by atoms with Crippen LogP contribution in [0, 0.1) is 0 Å². The van der Waals surface area contributed by atoms with Gasteiger partial charge >= 0.3 is 0 Å². The molecule has 4 nitrogen and oxygen atoms in total. The predicted octanol–water partition coefficient (Wildman–Crippen LogP) is 14.5. The smallest absolute Gasteiger partial charge is 0.220 e. The molecular formula is C49H89NO3. The van der Waals surface area contributed by atoms with Crippen LogP contribution in [-0.4, -0.2) is 34.9 Å². The second-order valence-corrected chi connectivity index (χ2v) is 15.4. The molecule has 0 aromatic heterocycles. The second-order valence-electron chi connectivity index (χ2n) is 15.4. The minimum Gasteiger partial charge on any atom is -0.394 e. The average Bonchev–Trinajstić information content (AvgIpc) is 3.16. The molecule has 4 heteroatoms. The first-order valence-corrected chi connectivity index (χ1v) is 23.0. The van der Waals surface area contributed by atoms with E-state index in [4.69, 9.17) is 0 Å². The highest BCUT2D eigenvalue weighted by atomic mass is 16.3. The largest absolute Gasteiger partial charge is 0.394 e. The maximum atomic E-state index is 12.4. The molecule has 0 saturated carbocycles. The molecule has 0 aromatic rings. The van der Waals surface area contributed by atoms with Crippen LogP contribution in [-0.2, 0) is 4.79 Å². The molecule has 0 heterocycles. The lowest BCUT2D eigenvalue weighted by atomic mass is 10.0. The van der Waals surface area contributed by atoms with Crippen molar-refractivity contribution in [2.75, 3.05) is 6.61 Å². The van der Waals surface area contributed by atoms with Gasteiger partial charge in [0, 0.05) is 6.42 Å². The Morgan fingerprint density at radius 3 is 1.23 bits per heavy atom. The summed E-state index contributed by atoms with van der Waals surface area (Å²) in [5, 5.41) is 23.2. The van der Waals surface area contributed by atoms with Gasteiger partial charge in [-0.25, -0.2) is 0 Å². The van der Waals surface area contributed by atoms with E-state index in [1.165, 1.54) is 128 Å². The Hall–Kier alpha value is -1.91. The van der Waals surface area contributed by atoms with Crippen molar-refractivity contribution in [2.24, 2.45) is 0 Å². The Labute approximate surface area is 330 Å². The molecule has 53 heavy (non-hydrogen) atoms. The Morgan fingerprint density at radius 2 is 0.830 bits per heavy atom. The first kappa shape index (κ1) is 51.1. The second kappa shape index (κ2) is 44.5. The number of hydrogen-bond acceptors (Lipinski definition) is 3. The number of nitrogens with one attached hydrogen (secondary N) is 1. The fourth-order valence-corrected chi connectivity index (χ4v) is 6.80. The first-order valence-electron chi connectivity index (χ1n) is 23.0. The number of rotatable bonds is 41. The fourth-order valence-electron chi connectivity index (χ4n) is 6.80. The first-order chi connectivity index (χ1) is 26.2. The summed E-state index contributed by atoms with van der Waals surface area (Å²) >= 11 is 0. The summed E-state index contributed by atoms with van der Waals surface area (Å²) in [5.41, 5.74) is 0. The van der Waals surface area contributed by atoms with E-state index in [1.807, 2.05) is 0 Å². The summed E-state index contributed by atoms with van der Waals surface area (Å²) in [5.74, 6) is -0.0629. The number of carbonyl (C=O) groups excluding carboxylic acids is 1. The summed E-state index contributed by atoms with van der Waals surface area (Å²) in [6, 6.07) is -0.557. The van der Waals surface area contributed by atoms with Crippen molar-refractivity contribution in [3.8, 4) is 0 Å². The van der Waals surface area contributed by atoms with Crippen molar-refractivity contribution >= 4 is 5.91 Å². The van der Waals surface area contributed by atoms with Crippen LogP contribution in [0.1, 0.15) is 226 Å². The lowest BCUT2D eigenvalue weighted by Crippen LogP contribution is -2.45. The van der Waals surface area contributed by atoms with Crippen LogP contribution in [0.15, 0.2) is 60.8 Å². The van der Waals surface area contributed by atoms with Gasteiger partial charge in [-0.15, -0.1) is 0 Å². The zero-order valence-corrected chi connectivity index (χ0v) is 35.3. The van der Waals surface area contributed by atoms with Gasteiger partial charge in [-0.2, -0.15) is 0 Å². The molecule has 3 N–H and O–H groups in total. The van der Waals surface area contributed by atoms with Crippen molar-refractivity contribution in [3.63, 3.8) is 0 Å². The Bertz CT molecular complexity index is 888. The van der Waals surface area contributed by atoms with Gasteiger partial charge in [-0.05, 0) is 57.8 Å². The topological polar surface area (TPSA) is 69.6 Å². The van der Waals surface area contributed by atoms with Crippen molar-refractivity contribution in [2.45, 2.75) is 238 Å². The number of aliphatic hydroxyl groups is 2. The zero-order valence-electron chi connectivity index (χ0n) is 35.3. The standard InChI is InChI=1S/C49H89NO3/c1-3-5-7-9-11-13-15-17-19-21-23-24-25-27-28-30-32-34-36-38-40-42-44-48(52)47(46-51)50-49(53)45-43-41-39-37-35-33-31-29-26-22-20-18-16-14-12-10-8-6-4-2/h6,8,12,14,18,20,26,29,33,35,47-48,51-52H,3-5,7,9-11,13,15-17,19,21-25,27-28,30-32,34,36-46H2,1-2H3,(H,50,53)/b8-6-,14-12-,20-18-,29-26-,35-33-. The van der Waals surface area contributed by atoms with E-state index in [0.29, 0.717) is 12.8 Å². The highest BCUT2D eigenvalue weighted by Crippen LogP contribution is 2.16. The lowest BCUT2D eigenvalue weighted by Gasteiger charge is -2.22. The van der Waals surface area contributed by atoms with Crippen molar-refractivity contribution in [1.82, 2.24) is 5.32 Å². The van der Waals surface area contributed by atoms with E-state index in [9.17, 15) is 15.0 Å². The van der Waals surface area contributed by atoms with Crippen LogP contribution < -0.4 is 5.32 Å². The predicted molar refractivity (Wildman–Crippen MR) is 234 cm³/mol. The number of hydrogen-bond donors (Lipinski definition) is 3. The van der Waals surface area contributed by atoms with E-state index < -0.39 is 12.1 Å². The van der Waals surface area contributed by atoms with E-state index in [1.54, 1.807) is 0 Å². The molecule has 0 spiro atoms. The Kier molecular flexibility index (Phi) is 42.9. The third-order valence-electron chi connectivity index (χ3n) is 10.3. The number of aliphatic hydroxyl groups excluding tert-OH is 2. The van der Waals surface area contributed by atoms with Crippen LogP contribution in [0.25, 0.3) is 0 Å². The summed E-state index contributed by atoms with van der Waals surface area (Å²) < 4.78 is 0. The van der Waals surface area contributed by atoms with E-state index >= 15 is 0 Å². The summed E-state index contributed by atoms with van der Waals surface area (Å²) in [4.78, 5) is 12.4. The fraction of sp³-hybridized carbons (Fsp3) is 0.776. The third kappa shape index (κ3) is 41.1. The molecular weight excluding hydrogens is 651 g/mol. The van der Waals surface area contributed by atoms with Crippen LogP contribution in [0.3, 0.4) is 0 Å². The van der Waals surface area contributed by atoms with Gasteiger partial charge in [-0.1, -0.05) is 222 Å². The molecule has 0 aliphatic rings. The number of unbranched alkanes of at least 4 members (excludes halogenated alkanes) is 24. The van der Waals surface area contributed by atoms with E-state index in [0.717, 1.165) is 70.6 Å². The van der Waals surface area contributed by atoms with Gasteiger partial charge in [0.1, 0.15) is 0 Å². The van der Waals surface area contributed by atoms with E-state index in [-0.39, 0.29) is 12.5 Å². The molecule has 0 aliphatic carbocycles. The number of carbonyl (C=O) groups is 1. The molecule has 1 amide bonds. The minimum absolute atomic E-state index is 0.0629. The van der Waals surface area contributed by atoms with Gasteiger partial charge in [0.15, 0.2) is 0 Å². The molecule has 2 unspecified atom stereocenters. The molecule has 2 atom stereocenters. The highest BCUT2D eigenvalue weighted by Gasteiger charge is 2.19. The molecule has 0 rings (SSSR count). The lowest BCUT2D eigenvalue weighted by molar-refractivity contribution is -0.123. The highest BCUT2D eigenvalue weighted by molar-refractivity contribution is 5.76. The quantitative estimate of drug-likeness (QED) is 0.0432. The van der Waals surface area contributed by atoms with Crippen LogP contribution in [0.5, 0.6) is 0 Å². The molecule has 0 bridgehead atoms. The molecule has 0 radical (unpaired) electrons. The van der Waals surface area contributed by atoms with Gasteiger partial charge in [0.25, 0.3) is 0 Å². The van der Waals surface area contributed by atoms with Crippen molar-refractivity contribution < 1.29 is 15.0 Å². The zero-order chi connectivity index (χ0) is 38.6. The number of allylic oxidation sites excluding steroid dienone is 10. The minimum atomic E-state index is -0.676. The summed E-state index contributed by atoms with van der Waals surface area (Å²) in [7, 11) is 0. The normalized spacial score (nSPS) is 13.5.